The Morgan fingerprint density at radius 3 is 2.76 bits per heavy atom. The third kappa shape index (κ3) is 4.53. The molecule has 0 radical (unpaired) electrons. The van der Waals surface area contributed by atoms with Crippen LogP contribution in [-0.4, -0.2) is 21.9 Å². The van der Waals surface area contributed by atoms with Crippen LogP contribution in [0.4, 0.5) is 5.69 Å². The van der Waals surface area contributed by atoms with Crippen molar-refractivity contribution in [3.63, 3.8) is 0 Å². The van der Waals surface area contributed by atoms with Crippen LogP contribution >= 0.6 is 12.2 Å². The number of hydrogen-bond donors (Lipinski definition) is 2. The largest absolute Gasteiger partial charge is 0.481 e. The molecular formula is C23H31N3O2S. The van der Waals surface area contributed by atoms with Gasteiger partial charge in [0.05, 0.1) is 5.69 Å². The molecule has 1 aromatic rings. The highest BCUT2D eigenvalue weighted by Crippen LogP contribution is 2.61. The molecule has 0 aliphatic heterocycles. The van der Waals surface area contributed by atoms with E-state index in [0.717, 1.165) is 37.1 Å². The first-order chi connectivity index (χ1) is 13.9. The number of carboxylic acids is 1. The van der Waals surface area contributed by atoms with E-state index in [1.165, 1.54) is 6.42 Å². The van der Waals surface area contributed by atoms with Crippen LogP contribution in [0.3, 0.4) is 0 Å². The van der Waals surface area contributed by atoms with Crippen molar-refractivity contribution in [2.24, 2.45) is 34.0 Å². The Hall–Kier alpha value is -2.21. The number of nitrogens with zero attached hydrogens (tertiary/aromatic N) is 2. The number of carbonyl (C=O) groups is 1. The number of hydrazone groups is 1. The van der Waals surface area contributed by atoms with Gasteiger partial charge in [-0.1, -0.05) is 30.4 Å². The van der Waals surface area contributed by atoms with Gasteiger partial charge in [0.2, 0.25) is 0 Å². The molecule has 2 saturated carbocycles. The Morgan fingerprint density at radius 2 is 2.17 bits per heavy atom. The first-order valence-electron chi connectivity index (χ1n) is 10.4. The van der Waals surface area contributed by atoms with Gasteiger partial charge in [-0.05, 0) is 88.1 Å². The maximum atomic E-state index is 11.6. The van der Waals surface area contributed by atoms with Crippen molar-refractivity contribution in [2.75, 3.05) is 5.01 Å². The fourth-order valence-electron chi connectivity index (χ4n) is 5.52. The summed E-state index contributed by atoms with van der Waals surface area (Å²) < 4.78 is 0. The van der Waals surface area contributed by atoms with Crippen LogP contribution in [0.15, 0.2) is 47.6 Å². The van der Waals surface area contributed by atoms with E-state index in [1.54, 1.807) is 5.01 Å². The van der Waals surface area contributed by atoms with E-state index in [1.807, 2.05) is 43.3 Å². The molecule has 4 unspecified atom stereocenters. The maximum Gasteiger partial charge on any atom is 0.303 e. The highest BCUT2D eigenvalue weighted by atomic mass is 32.1. The van der Waals surface area contributed by atoms with Crippen molar-refractivity contribution in [2.45, 2.75) is 52.4 Å². The van der Waals surface area contributed by atoms with Crippen LogP contribution in [0.5, 0.6) is 0 Å². The molecule has 0 saturated heterocycles. The van der Waals surface area contributed by atoms with Crippen molar-refractivity contribution >= 4 is 34.7 Å². The van der Waals surface area contributed by atoms with Gasteiger partial charge in [-0.25, -0.2) is 5.01 Å². The second-order valence-corrected chi connectivity index (χ2v) is 8.86. The summed E-state index contributed by atoms with van der Waals surface area (Å²) in [6.45, 7) is 4.06. The summed E-state index contributed by atoms with van der Waals surface area (Å²) >= 11 is 5.28. The standard InChI is InChI=1S/C23H31N3O2S/c1-3-4-8-18(14-21(27)28)20-13-17-11-12-23(20,15-17)16(2)25-26(22(24)29)19-9-6-5-7-10-19/h3-7,9-10,17-18,20H,8,11-15H2,1-2H3,(H2,24,29)(H,27,28)/b4-3+,25-16+. The molecule has 2 bridgehead atoms. The van der Waals surface area contributed by atoms with Crippen LogP contribution in [0, 0.1) is 23.2 Å². The third-order valence-electron chi connectivity index (χ3n) is 6.81. The van der Waals surface area contributed by atoms with E-state index >= 15 is 0 Å². The van der Waals surface area contributed by atoms with Crippen LogP contribution in [0.1, 0.15) is 52.4 Å². The lowest BCUT2D eigenvalue weighted by Gasteiger charge is -2.40. The predicted octanol–water partition coefficient (Wildman–Crippen LogP) is 4.98. The topological polar surface area (TPSA) is 78.9 Å². The van der Waals surface area contributed by atoms with E-state index in [2.05, 4.69) is 13.0 Å². The predicted molar refractivity (Wildman–Crippen MR) is 122 cm³/mol. The molecule has 4 atom stereocenters. The lowest BCUT2D eigenvalue weighted by molar-refractivity contribution is -0.138. The van der Waals surface area contributed by atoms with E-state index < -0.39 is 5.97 Å². The lowest BCUT2D eigenvalue weighted by Crippen LogP contribution is -2.40. The number of nitrogens with two attached hydrogens (primary N) is 1. The zero-order chi connectivity index (χ0) is 21.0. The zero-order valence-corrected chi connectivity index (χ0v) is 18.1. The highest BCUT2D eigenvalue weighted by Gasteiger charge is 2.56. The number of aliphatic carboxylic acids is 1. The number of carboxylic acid groups (broad SMARTS) is 1. The number of anilines is 1. The summed E-state index contributed by atoms with van der Waals surface area (Å²) in [6.07, 6.45) is 9.53. The SMILES string of the molecule is C/C=C/CC(CC(=O)O)C1CC2CCC1(/C(C)=N/N(C(N)=S)c1ccccc1)C2. The number of allylic oxidation sites excluding steroid dienone is 2. The van der Waals surface area contributed by atoms with Crippen LogP contribution < -0.4 is 10.7 Å². The summed E-state index contributed by atoms with van der Waals surface area (Å²) in [7, 11) is 0. The molecule has 3 N–H and O–H groups in total. The van der Waals surface area contributed by atoms with Crippen LogP contribution in [0.25, 0.3) is 0 Å². The van der Waals surface area contributed by atoms with Crippen LogP contribution in [0.2, 0.25) is 0 Å². The normalized spacial score (nSPS) is 27.3. The van der Waals surface area contributed by atoms with Crippen molar-refractivity contribution < 1.29 is 9.90 Å². The molecule has 156 valence electrons. The van der Waals surface area contributed by atoms with Gasteiger partial charge in [-0.15, -0.1) is 0 Å². The molecule has 3 rings (SSSR count). The Labute approximate surface area is 178 Å². The fraction of sp³-hybridized carbons (Fsp3) is 0.522. The lowest BCUT2D eigenvalue weighted by atomic mass is 9.65. The minimum absolute atomic E-state index is 0.0653. The average Bonchev–Trinajstić information content (AvgIpc) is 3.29. The Morgan fingerprint density at radius 1 is 1.45 bits per heavy atom. The molecule has 5 nitrogen and oxygen atoms in total. The molecule has 0 amide bonds. The molecule has 1 aromatic carbocycles. The summed E-state index contributed by atoms with van der Waals surface area (Å²) in [5.74, 6) is 0.374. The molecule has 0 aromatic heterocycles. The minimum atomic E-state index is -0.721. The summed E-state index contributed by atoms with van der Waals surface area (Å²) in [4.78, 5) is 11.6. The Kier molecular flexibility index (Phi) is 6.73. The van der Waals surface area contributed by atoms with E-state index in [4.69, 9.17) is 23.1 Å². The Bertz CT molecular complexity index is 808. The van der Waals surface area contributed by atoms with Gasteiger partial charge >= 0.3 is 5.97 Å². The number of hydrogen-bond acceptors (Lipinski definition) is 3. The molecular weight excluding hydrogens is 382 g/mol. The van der Waals surface area contributed by atoms with Crippen molar-refractivity contribution in [1.29, 1.82) is 0 Å². The maximum absolute atomic E-state index is 11.6. The average molecular weight is 414 g/mol. The quantitative estimate of drug-likeness (QED) is 0.272. The van der Waals surface area contributed by atoms with Gasteiger partial charge in [0, 0.05) is 17.5 Å². The van der Waals surface area contributed by atoms with Crippen molar-refractivity contribution in [3.05, 3.63) is 42.5 Å². The van der Waals surface area contributed by atoms with Gasteiger partial charge in [0.25, 0.3) is 0 Å². The van der Waals surface area contributed by atoms with Gasteiger partial charge in [0.1, 0.15) is 0 Å². The molecule has 2 aliphatic rings. The second-order valence-electron chi connectivity index (χ2n) is 8.44. The van der Waals surface area contributed by atoms with Gasteiger partial charge in [0.15, 0.2) is 5.11 Å². The molecule has 6 heteroatoms. The van der Waals surface area contributed by atoms with Gasteiger partial charge < -0.3 is 10.8 Å². The van der Waals surface area contributed by atoms with E-state index in [-0.39, 0.29) is 22.9 Å². The van der Waals surface area contributed by atoms with Crippen LogP contribution in [-0.2, 0) is 4.79 Å². The number of thiocarbonyl (C=S) groups is 1. The fourth-order valence-corrected chi connectivity index (χ4v) is 5.67. The van der Waals surface area contributed by atoms with Gasteiger partial charge in [-0.3, -0.25) is 4.79 Å². The highest BCUT2D eigenvalue weighted by molar-refractivity contribution is 7.80. The monoisotopic (exact) mass is 413 g/mol. The zero-order valence-electron chi connectivity index (χ0n) is 17.3. The summed E-state index contributed by atoms with van der Waals surface area (Å²) in [6, 6.07) is 9.71. The summed E-state index contributed by atoms with van der Waals surface area (Å²) in [5, 5.41) is 16.3. The number of para-hydroxylation sites is 1. The van der Waals surface area contributed by atoms with E-state index in [0.29, 0.717) is 11.8 Å². The first-order valence-corrected chi connectivity index (χ1v) is 10.8. The number of rotatable bonds is 8. The minimum Gasteiger partial charge on any atom is -0.481 e. The van der Waals surface area contributed by atoms with E-state index in [9.17, 15) is 9.90 Å². The smallest absolute Gasteiger partial charge is 0.303 e. The van der Waals surface area contributed by atoms with Crippen molar-refractivity contribution in [1.82, 2.24) is 0 Å². The molecule has 0 spiro atoms. The third-order valence-corrected chi connectivity index (χ3v) is 6.98. The second kappa shape index (κ2) is 9.08. The first kappa shape index (κ1) is 21.5. The summed E-state index contributed by atoms with van der Waals surface area (Å²) in [5.41, 5.74) is 7.80. The van der Waals surface area contributed by atoms with Gasteiger partial charge in [-0.2, -0.15) is 5.10 Å². The van der Waals surface area contributed by atoms with Crippen molar-refractivity contribution in [3.8, 4) is 0 Å². The number of fused-ring (bicyclic) bond motifs is 2. The molecule has 29 heavy (non-hydrogen) atoms. The molecule has 2 aliphatic carbocycles. The Balaban J connectivity index is 1.95. The molecule has 0 heterocycles. The molecule has 2 fully saturated rings. The number of benzene rings is 1.